The van der Waals surface area contributed by atoms with Gasteiger partial charge in [0, 0.05) is 68.1 Å². The molecule has 4 N–H and O–H groups in total. The third-order valence-electron chi connectivity index (χ3n) is 10.9. The van der Waals surface area contributed by atoms with Crippen molar-refractivity contribution in [3.63, 3.8) is 0 Å². The van der Waals surface area contributed by atoms with Gasteiger partial charge in [-0.25, -0.2) is 10.1 Å². The summed E-state index contributed by atoms with van der Waals surface area (Å²) >= 11 is 0. The van der Waals surface area contributed by atoms with Gasteiger partial charge >= 0.3 is 16.7 Å². The topological polar surface area (TPSA) is 274 Å². The molecule has 0 saturated carbocycles. The highest BCUT2D eigenvalue weighted by atomic mass is 17.3. The normalized spacial score (nSPS) is 24.3. The van der Waals surface area contributed by atoms with E-state index in [0.717, 1.165) is 0 Å². The molecule has 2 heterocycles. The summed E-state index contributed by atoms with van der Waals surface area (Å²) in [6.45, 7) is 3.71. The fourth-order valence-corrected chi connectivity index (χ4v) is 6.43. The molecule has 2 fully saturated rings. The number of hydrogen-bond acceptors (Lipinski definition) is 17. The zero-order chi connectivity index (χ0) is 38.7. The van der Waals surface area contributed by atoms with E-state index in [4.69, 9.17) is 19.8 Å². The third-order valence-corrected chi connectivity index (χ3v) is 10.9. The van der Waals surface area contributed by atoms with E-state index >= 15 is 0 Å². The summed E-state index contributed by atoms with van der Waals surface area (Å²) in [6, 6.07) is 0. The molecule has 5 unspecified atom stereocenters. The quantitative estimate of drug-likeness (QED) is 0.0498. The maximum Gasteiger partial charge on any atom is 0.353 e. The first-order valence-corrected chi connectivity index (χ1v) is 17.1. The molecule has 2 saturated heterocycles. The Labute approximate surface area is 294 Å². The lowest BCUT2D eigenvalue weighted by molar-refractivity contribution is -0.890. The van der Waals surface area contributed by atoms with Crippen LogP contribution in [0.15, 0.2) is 0 Å². The van der Waals surface area contributed by atoms with Gasteiger partial charge in [-0.1, -0.05) is 34.6 Å². The zero-order valence-corrected chi connectivity index (χ0v) is 30.1. The average Bonchev–Trinajstić information content (AvgIpc) is 3.68. The molecule has 294 valence electrons. The highest BCUT2D eigenvalue weighted by molar-refractivity contribution is 4.91. The van der Waals surface area contributed by atoms with Crippen molar-refractivity contribution in [2.75, 3.05) is 85.4 Å². The number of nitro groups is 2. The van der Waals surface area contributed by atoms with Gasteiger partial charge in [0.2, 0.25) is 4.92 Å². The Morgan fingerprint density at radius 3 is 1.47 bits per heavy atom. The Bertz CT molecular complexity index is 1120. The molecule has 23 heteroatoms. The Balaban J connectivity index is 2.58. The van der Waals surface area contributed by atoms with Gasteiger partial charge in [0.25, 0.3) is 20.9 Å². The maximum atomic E-state index is 13.2. The van der Waals surface area contributed by atoms with E-state index in [-0.39, 0.29) is 94.4 Å². The molecule has 5 atom stereocenters. The number of hydrogen-bond donors (Lipinski definition) is 4. The predicted octanol–water partition coefficient (Wildman–Crippen LogP) is -0.396. The number of aliphatic hydroxyl groups excluding tert-OH is 3. The Morgan fingerprint density at radius 2 is 1.14 bits per heavy atom. The fourth-order valence-electron chi connectivity index (χ4n) is 6.43. The monoisotopic (exact) mass is 743 g/mol. The third kappa shape index (κ3) is 9.19. The highest BCUT2D eigenvalue weighted by Crippen LogP contribution is 2.30. The molecule has 0 aromatic heterocycles. The summed E-state index contributed by atoms with van der Waals surface area (Å²) in [5.74, 6) is 0. The first-order valence-electron chi connectivity index (χ1n) is 17.1. The lowest BCUT2D eigenvalue weighted by Gasteiger charge is -2.37. The summed E-state index contributed by atoms with van der Waals surface area (Å²) in [5, 5.41) is 64.9. The first kappa shape index (κ1) is 43.8. The van der Waals surface area contributed by atoms with Crippen LogP contribution in [0, 0.1) is 34.9 Å². The van der Waals surface area contributed by atoms with Crippen LogP contribution in [0.5, 0.6) is 0 Å². The lowest BCUT2D eigenvalue weighted by atomic mass is 9.93. The molecule has 0 aromatic rings. The molecule has 51 heavy (non-hydrogen) atoms. The minimum absolute atomic E-state index is 0.00175. The molecule has 2 rings (SSSR count). The average molecular weight is 744 g/mol. The molecule has 0 aromatic carbocycles. The molecule has 0 aliphatic carbocycles. The van der Waals surface area contributed by atoms with Gasteiger partial charge in [0.1, 0.15) is 19.8 Å². The van der Waals surface area contributed by atoms with Crippen LogP contribution in [0.25, 0.3) is 0 Å². The Morgan fingerprint density at radius 1 is 0.686 bits per heavy atom. The summed E-state index contributed by atoms with van der Waals surface area (Å²) < 4.78 is 0. The van der Waals surface area contributed by atoms with Crippen LogP contribution in [0.1, 0.15) is 66.7 Å². The van der Waals surface area contributed by atoms with Crippen LogP contribution >= 0.6 is 0 Å². The fraction of sp³-hybridized carbons (Fsp3) is 1.00. The maximum absolute atomic E-state index is 13.2. The van der Waals surface area contributed by atoms with Crippen molar-refractivity contribution in [1.82, 2.24) is 14.7 Å². The minimum Gasteiger partial charge on any atom is -0.389 e. The van der Waals surface area contributed by atoms with Gasteiger partial charge in [0.15, 0.2) is 13.2 Å². The van der Waals surface area contributed by atoms with Crippen molar-refractivity contribution in [2.24, 2.45) is 0 Å². The van der Waals surface area contributed by atoms with Gasteiger partial charge < -0.3 is 15.3 Å². The van der Waals surface area contributed by atoms with E-state index in [1.807, 2.05) is 0 Å². The summed E-state index contributed by atoms with van der Waals surface area (Å²) in [5.41, 5.74) is -8.23. The van der Waals surface area contributed by atoms with Crippen molar-refractivity contribution in [2.45, 2.75) is 94.5 Å². The van der Waals surface area contributed by atoms with Crippen LogP contribution in [0.3, 0.4) is 0 Å². The van der Waals surface area contributed by atoms with Gasteiger partial charge in [-0.3, -0.25) is 30.0 Å². The summed E-state index contributed by atoms with van der Waals surface area (Å²) in [6.07, 6.45) is 0.126. The van der Waals surface area contributed by atoms with E-state index in [0.29, 0.717) is 4.92 Å². The Kier molecular flexibility index (Phi) is 15.9. The highest BCUT2D eigenvalue weighted by Gasteiger charge is 2.61. The minimum atomic E-state index is -1.90. The first-order chi connectivity index (χ1) is 24.0. The van der Waals surface area contributed by atoms with Crippen molar-refractivity contribution in [3.8, 4) is 0 Å². The van der Waals surface area contributed by atoms with Crippen LogP contribution in [-0.4, -0.2) is 173 Å². The number of aliphatic hydroxyl groups is 3. The van der Waals surface area contributed by atoms with Crippen LogP contribution in [-0.2, 0) is 19.8 Å². The number of nitrogens with zero attached hydrogens (tertiary/aromatic N) is 8. The van der Waals surface area contributed by atoms with Gasteiger partial charge in [0.05, 0.1) is 40.9 Å². The summed E-state index contributed by atoms with van der Waals surface area (Å²) in [4.78, 5) is 85.8. The standard InChI is InChI=1S/C28H55N8O15/c1-6-24(19-37,32(40)41)15-29(16-25(7-2,20-38)33(42)43)11-13-31(28(10-5)23-49-51-36(28)47)14-12-30(17-26(8-3,21-39)34(44)45)18-27(9-4)22-48-50-35(27)46/h37-39H,6-23H2,1-5H3,(H,44,45)/q+3. The van der Waals surface area contributed by atoms with E-state index in [1.165, 1.54) is 18.7 Å². The largest absolute Gasteiger partial charge is 0.389 e. The predicted molar refractivity (Wildman–Crippen MR) is 172 cm³/mol. The molecule has 0 radical (unpaired) electrons. The Hall–Kier alpha value is -3.32. The molecule has 23 nitrogen and oxygen atoms in total. The van der Waals surface area contributed by atoms with E-state index < -0.39 is 70.6 Å². The molecule has 0 bridgehead atoms. The second-order valence-electron chi connectivity index (χ2n) is 13.5. The number of rotatable bonds is 26. The van der Waals surface area contributed by atoms with Crippen LogP contribution in [0.4, 0.5) is 0 Å². The van der Waals surface area contributed by atoms with Crippen molar-refractivity contribution in [1.29, 1.82) is 0 Å². The summed E-state index contributed by atoms with van der Waals surface area (Å²) in [7, 11) is 0. The molecule has 2 aliphatic rings. The molecular formula is C28H55N8O15+3. The molecule has 0 spiro atoms. The van der Waals surface area contributed by atoms with Gasteiger partial charge in [-0.15, -0.1) is 9.78 Å². The molecule has 2 aliphatic heterocycles. The van der Waals surface area contributed by atoms with E-state index in [1.54, 1.807) is 30.6 Å². The van der Waals surface area contributed by atoms with Gasteiger partial charge in [-0.2, -0.15) is 0 Å². The molecular weight excluding hydrogens is 688 g/mol. The van der Waals surface area contributed by atoms with E-state index in [2.05, 4.69) is 0 Å². The van der Waals surface area contributed by atoms with Crippen LogP contribution in [0.2, 0.25) is 0 Å². The molecule has 0 amide bonds. The zero-order valence-electron chi connectivity index (χ0n) is 30.1. The smallest absolute Gasteiger partial charge is 0.353 e. The lowest BCUT2D eigenvalue weighted by Crippen LogP contribution is -2.62. The second-order valence-corrected chi connectivity index (χ2v) is 13.5. The van der Waals surface area contributed by atoms with Crippen LogP contribution < -0.4 is 0 Å². The second kappa shape index (κ2) is 18.4. The van der Waals surface area contributed by atoms with Crippen molar-refractivity contribution >= 4 is 0 Å². The van der Waals surface area contributed by atoms with Gasteiger partial charge in [-0.05, 0) is 9.98 Å². The van der Waals surface area contributed by atoms with E-state index in [9.17, 15) is 55.5 Å². The SMILES string of the molecule is CCC(CO)(CN(CCN(CCN(CC(CC)(CO)[N+](=O)O)CC1(CC)COO[N+]1=O)C1(CC)COO[N+]1=O)CC(CC)(CO)[N+](=O)[O-])[N+](=O)[O-]. The van der Waals surface area contributed by atoms with Crippen molar-refractivity contribution in [3.05, 3.63) is 34.9 Å². The van der Waals surface area contributed by atoms with Crippen molar-refractivity contribution < 1.29 is 64.9 Å².